The summed E-state index contributed by atoms with van der Waals surface area (Å²) in [4.78, 5) is 3.95. The van der Waals surface area contributed by atoms with Crippen LogP contribution in [0.15, 0.2) is 21.6 Å². The van der Waals surface area contributed by atoms with Gasteiger partial charge in [-0.25, -0.2) is 13.4 Å². The summed E-state index contributed by atoms with van der Waals surface area (Å²) in [6.07, 6.45) is 4.33. The highest BCUT2D eigenvalue weighted by molar-refractivity contribution is 9.10. The molecule has 4 nitrogen and oxygen atoms in total. The standard InChI is InChI=1S/C11H14BrClN2O2S/c1-8-4-2-3-5-15(8)18(16,17)10-6-9(12)7-14-11(10)13/h6-8H,2-5H2,1H3. The van der Waals surface area contributed by atoms with Crippen LogP contribution in [-0.4, -0.2) is 30.3 Å². The highest BCUT2D eigenvalue weighted by atomic mass is 79.9. The summed E-state index contributed by atoms with van der Waals surface area (Å²) in [7, 11) is -3.56. The van der Waals surface area contributed by atoms with Gasteiger partial charge in [-0.2, -0.15) is 4.31 Å². The van der Waals surface area contributed by atoms with Crippen molar-refractivity contribution in [1.29, 1.82) is 0 Å². The fourth-order valence-electron chi connectivity index (χ4n) is 2.14. The molecule has 0 amide bonds. The Hall–Kier alpha value is -0.170. The second kappa shape index (κ2) is 5.45. The van der Waals surface area contributed by atoms with E-state index in [4.69, 9.17) is 11.6 Å². The van der Waals surface area contributed by atoms with E-state index in [1.807, 2.05) is 6.92 Å². The summed E-state index contributed by atoms with van der Waals surface area (Å²) in [6, 6.07) is 1.52. The summed E-state index contributed by atoms with van der Waals surface area (Å²) in [5.74, 6) is 0. The average molecular weight is 354 g/mol. The summed E-state index contributed by atoms with van der Waals surface area (Å²) in [6.45, 7) is 2.47. The SMILES string of the molecule is CC1CCCCN1S(=O)(=O)c1cc(Br)cnc1Cl. The Kier molecular flexibility index (Phi) is 4.31. The topological polar surface area (TPSA) is 50.3 Å². The number of nitrogens with zero attached hydrogens (tertiary/aromatic N) is 2. The summed E-state index contributed by atoms with van der Waals surface area (Å²) >= 11 is 9.13. The number of hydrogen-bond donors (Lipinski definition) is 0. The van der Waals surface area contributed by atoms with Crippen LogP contribution in [0, 0.1) is 0 Å². The zero-order valence-electron chi connectivity index (χ0n) is 9.94. The molecule has 18 heavy (non-hydrogen) atoms. The van der Waals surface area contributed by atoms with E-state index in [0.717, 1.165) is 19.3 Å². The fraction of sp³-hybridized carbons (Fsp3) is 0.545. The third-order valence-electron chi connectivity index (χ3n) is 3.10. The molecule has 1 fully saturated rings. The summed E-state index contributed by atoms with van der Waals surface area (Å²) in [5, 5.41) is 0.0240. The van der Waals surface area contributed by atoms with E-state index in [1.54, 1.807) is 0 Å². The number of piperidine rings is 1. The number of pyridine rings is 1. The van der Waals surface area contributed by atoms with Gasteiger partial charge in [0.05, 0.1) is 0 Å². The minimum absolute atomic E-state index is 0.0128. The molecule has 0 aliphatic carbocycles. The van der Waals surface area contributed by atoms with E-state index < -0.39 is 10.0 Å². The minimum Gasteiger partial charge on any atom is -0.242 e. The first-order valence-electron chi connectivity index (χ1n) is 5.76. The first kappa shape index (κ1) is 14.2. The molecule has 2 heterocycles. The van der Waals surface area contributed by atoms with Gasteiger partial charge in [0.15, 0.2) is 0 Å². The molecule has 1 unspecified atom stereocenters. The predicted molar refractivity (Wildman–Crippen MR) is 74.2 cm³/mol. The molecule has 0 spiro atoms. The van der Waals surface area contributed by atoms with Crippen LogP contribution in [0.25, 0.3) is 0 Å². The van der Waals surface area contributed by atoms with E-state index >= 15 is 0 Å². The Balaban J connectivity index is 2.44. The van der Waals surface area contributed by atoms with Gasteiger partial charge in [-0.1, -0.05) is 18.0 Å². The van der Waals surface area contributed by atoms with Crippen LogP contribution in [-0.2, 0) is 10.0 Å². The van der Waals surface area contributed by atoms with Crippen LogP contribution in [0.2, 0.25) is 5.15 Å². The normalized spacial score (nSPS) is 22.1. The van der Waals surface area contributed by atoms with Crippen molar-refractivity contribution in [2.75, 3.05) is 6.54 Å². The van der Waals surface area contributed by atoms with Crippen molar-refractivity contribution in [2.24, 2.45) is 0 Å². The maximum Gasteiger partial charge on any atom is 0.246 e. The van der Waals surface area contributed by atoms with Gasteiger partial charge in [-0.15, -0.1) is 0 Å². The Morgan fingerprint density at radius 3 is 2.89 bits per heavy atom. The van der Waals surface area contributed by atoms with Gasteiger partial charge in [-0.05, 0) is 41.8 Å². The smallest absolute Gasteiger partial charge is 0.242 e. The first-order chi connectivity index (χ1) is 8.43. The zero-order valence-corrected chi connectivity index (χ0v) is 13.1. The van der Waals surface area contributed by atoms with Gasteiger partial charge in [0, 0.05) is 23.3 Å². The van der Waals surface area contributed by atoms with Crippen molar-refractivity contribution in [1.82, 2.24) is 9.29 Å². The second-order valence-corrected chi connectivity index (χ2v) is 7.54. The number of aromatic nitrogens is 1. The van der Waals surface area contributed by atoms with Gasteiger partial charge in [0.1, 0.15) is 10.0 Å². The molecule has 0 aromatic carbocycles. The molecule has 0 bridgehead atoms. The summed E-state index contributed by atoms with van der Waals surface area (Å²) < 4.78 is 27.2. The lowest BCUT2D eigenvalue weighted by Crippen LogP contribution is -2.42. The van der Waals surface area contributed by atoms with Crippen LogP contribution in [0.3, 0.4) is 0 Å². The largest absolute Gasteiger partial charge is 0.246 e. The molecule has 1 aliphatic heterocycles. The molecule has 0 N–H and O–H groups in total. The van der Waals surface area contributed by atoms with Crippen molar-refractivity contribution in [3.63, 3.8) is 0 Å². The lowest BCUT2D eigenvalue weighted by molar-refractivity contribution is 0.268. The summed E-state index contributed by atoms with van der Waals surface area (Å²) in [5.41, 5.74) is 0. The molecule has 7 heteroatoms. The van der Waals surface area contributed by atoms with Crippen molar-refractivity contribution in [2.45, 2.75) is 37.1 Å². The third kappa shape index (κ3) is 2.71. The van der Waals surface area contributed by atoms with E-state index in [9.17, 15) is 8.42 Å². The van der Waals surface area contributed by atoms with Crippen molar-refractivity contribution in [3.05, 3.63) is 21.9 Å². The highest BCUT2D eigenvalue weighted by Gasteiger charge is 2.32. The molecular weight excluding hydrogens is 340 g/mol. The number of rotatable bonds is 2. The molecule has 0 saturated carbocycles. The number of halogens is 2. The minimum atomic E-state index is -3.56. The molecule has 1 aromatic heterocycles. The van der Waals surface area contributed by atoms with Gasteiger partial charge >= 0.3 is 0 Å². The molecule has 2 rings (SSSR count). The van der Waals surface area contributed by atoms with Crippen LogP contribution >= 0.6 is 27.5 Å². The Bertz CT molecular complexity index is 550. The van der Waals surface area contributed by atoms with Crippen LogP contribution in [0.4, 0.5) is 0 Å². The first-order valence-corrected chi connectivity index (χ1v) is 8.37. The number of sulfonamides is 1. The molecule has 1 aliphatic rings. The molecule has 0 radical (unpaired) electrons. The Morgan fingerprint density at radius 1 is 1.50 bits per heavy atom. The Morgan fingerprint density at radius 2 is 2.22 bits per heavy atom. The van der Waals surface area contributed by atoms with E-state index in [2.05, 4.69) is 20.9 Å². The molecule has 100 valence electrons. The lowest BCUT2D eigenvalue weighted by atomic mass is 10.1. The molecule has 1 saturated heterocycles. The van der Waals surface area contributed by atoms with E-state index in [1.165, 1.54) is 16.6 Å². The zero-order chi connectivity index (χ0) is 13.3. The van der Waals surface area contributed by atoms with Crippen LogP contribution in [0.5, 0.6) is 0 Å². The van der Waals surface area contributed by atoms with Crippen LogP contribution < -0.4 is 0 Å². The maximum absolute atomic E-state index is 12.6. The number of hydrogen-bond acceptors (Lipinski definition) is 3. The van der Waals surface area contributed by atoms with Crippen molar-refractivity contribution in [3.8, 4) is 0 Å². The second-order valence-electron chi connectivity index (χ2n) is 4.40. The molecular formula is C11H14BrClN2O2S. The van der Waals surface area contributed by atoms with Gasteiger partial charge in [0.2, 0.25) is 10.0 Å². The van der Waals surface area contributed by atoms with Crippen LogP contribution in [0.1, 0.15) is 26.2 Å². The van der Waals surface area contributed by atoms with Gasteiger partial charge in [-0.3, -0.25) is 0 Å². The monoisotopic (exact) mass is 352 g/mol. The third-order valence-corrected chi connectivity index (χ3v) is 5.98. The van der Waals surface area contributed by atoms with E-state index in [0.29, 0.717) is 11.0 Å². The Labute approximate surface area is 121 Å². The highest BCUT2D eigenvalue weighted by Crippen LogP contribution is 2.29. The van der Waals surface area contributed by atoms with Crippen molar-refractivity contribution < 1.29 is 8.42 Å². The molecule has 1 atom stereocenters. The van der Waals surface area contributed by atoms with Gasteiger partial charge in [0.25, 0.3) is 0 Å². The van der Waals surface area contributed by atoms with Gasteiger partial charge < -0.3 is 0 Å². The quantitative estimate of drug-likeness (QED) is 0.768. The predicted octanol–water partition coefficient (Wildman–Crippen LogP) is 3.06. The lowest BCUT2D eigenvalue weighted by Gasteiger charge is -2.32. The molecule has 1 aromatic rings. The van der Waals surface area contributed by atoms with Crippen molar-refractivity contribution >= 4 is 37.6 Å². The fourth-order valence-corrected chi connectivity index (χ4v) is 4.76. The average Bonchev–Trinajstić information content (AvgIpc) is 2.32. The maximum atomic E-state index is 12.6. The van der Waals surface area contributed by atoms with E-state index in [-0.39, 0.29) is 16.1 Å².